The van der Waals surface area contributed by atoms with Crippen molar-refractivity contribution in [2.45, 2.75) is 31.8 Å². The van der Waals surface area contributed by atoms with Crippen molar-refractivity contribution in [3.05, 3.63) is 63.2 Å². The number of benzene rings is 2. The molecule has 1 N–H and O–H groups in total. The number of aromatic carboxylic acids is 1. The monoisotopic (exact) mass is 438 g/mol. The minimum atomic E-state index is -1.30. The molecular weight excluding hydrogens is 415 g/mol. The third-order valence-corrected chi connectivity index (χ3v) is 6.33. The number of hydrogen-bond donors (Lipinski definition) is 1. The van der Waals surface area contributed by atoms with Crippen LogP contribution in [0.4, 0.5) is 10.1 Å². The lowest BCUT2D eigenvalue weighted by Crippen LogP contribution is -2.31. The van der Waals surface area contributed by atoms with Crippen LogP contribution in [0.2, 0.25) is 0 Å². The van der Waals surface area contributed by atoms with Gasteiger partial charge in [0.15, 0.2) is 11.5 Å². The van der Waals surface area contributed by atoms with Gasteiger partial charge in [0.1, 0.15) is 11.4 Å². The first kappa shape index (κ1) is 20.4. The zero-order valence-electron chi connectivity index (χ0n) is 17.9. The first-order valence-corrected chi connectivity index (χ1v) is 10.5. The number of halogens is 1. The molecule has 0 radical (unpaired) electrons. The van der Waals surface area contributed by atoms with E-state index in [-0.39, 0.29) is 17.0 Å². The molecule has 1 saturated carbocycles. The van der Waals surface area contributed by atoms with Crippen LogP contribution < -0.4 is 19.8 Å². The molecule has 5 rings (SSSR count). The second kappa shape index (κ2) is 7.55. The normalized spacial score (nSPS) is 15.5. The summed E-state index contributed by atoms with van der Waals surface area (Å²) in [7, 11) is 3.18. The number of carboxylic acids is 1. The van der Waals surface area contributed by atoms with Crippen LogP contribution in [0.15, 0.2) is 35.3 Å². The molecule has 0 spiro atoms. The number of carboxylic acid groups (broad SMARTS) is 1. The topological polar surface area (TPSA) is 81.0 Å². The fourth-order valence-corrected chi connectivity index (χ4v) is 4.50. The highest BCUT2D eigenvalue weighted by molar-refractivity contribution is 5.93. The third kappa shape index (κ3) is 3.26. The highest BCUT2D eigenvalue weighted by Gasteiger charge is 2.28. The van der Waals surface area contributed by atoms with E-state index in [1.54, 1.807) is 20.3 Å². The molecule has 0 unspecified atom stereocenters. The van der Waals surface area contributed by atoms with Gasteiger partial charge in [-0.05, 0) is 54.7 Å². The van der Waals surface area contributed by atoms with Gasteiger partial charge >= 0.3 is 5.97 Å². The molecule has 1 fully saturated rings. The highest BCUT2D eigenvalue weighted by atomic mass is 19.1. The summed E-state index contributed by atoms with van der Waals surface area (Å²) in [5, 5.41) is 9.52. The van der Waals surface area contributed by atoms with E-state index in [4.69, 9.17) is 9.47 Å². The molecule has 8 heteroatoms. The summed E-state index contributed by atoms with van der Waals surface area (Å²) in [5.41, 5.74) is 2.13. The number of anilines is 1. The average molecular weight is 438 g/mol. The second-order valence-corrected chi connectivity index (χ2v) is 8.28. The summed E-state index contributed by atoms with van der Waals surface area (Å²) in [6, 6.07) is 6.87. The number of ether oxygens (including phenoxy) is 2. The zero-order chi connectivity index (χ0) is 22.6. The molecule has 0 amide bonds. The van der Waals surface area contributed by atoms with Crippen LogP contribution in [0, 0.1) is 5.82 Å². The third-order valence-electron chi connectivity index (χ3n) is 6.33. The van der Waals surface area contributed by atoms with E-state index in [1.807, 2.05) is 21.6 Å². The molecule has 2 heterocycles. The van der Waals surface area contributed by atoms with E-state index in [1.165, 1.54) is 12.3 Å². The van der Waals surface area contributed by atoms with Gasteiger partial charge in [-0.25, -0.2) is 9.18 Å². The predicted octanol–water partition coefficient (Wildman–Crippen LogP) is 3.75. The lowest BCUT2D eigenvalue weighted by atomic mass is 9.98. The van der Waals surface area contributed by atoms with Crippen molar-refractivity contribution in [1.29, 1.82) is 0 Å². The Labute approximate surface area is 183 Å². The van der Waals surface area contributed by atoms with E-state index in [0.29, 0.717) is 42.2 Å². The molecular formula is C24H23FN2O5. The fraction of sp³-hybridized carbons (Fsp3) is 0.333. The van der Waals surface area contributed by atoms with Gasteiger partial charge in [-0.15, -0.1) is 0 Å². The van der Waals surface area contributed by atoms with Crippen LogP contribution >= 0.6 is 0 Å². The van der Waals surface area contributed by atoms with Crippen LogP contribution in [0.5, 0.6) is 11.5 Å². The van der Waals surface area contributed by atoms with E-state index < -0.39 is 17.2 Å². The molecule has 1 aliphatic heterocycles. The van der Waals surface area contributed by atoms with Crippen LogP contribution in [0.1, 0.15) is 40.4 Å². The Morgan fingerprint density at radius 1 is 1.09 bits per heavy atom. The number of rotatable bonds is 5. The van der Waals surface area contributed by atoms with Crippen LogP contribution in [-0.2, 0) is 13.0 Å². The van der Waals surface area contributed by atoms with E-state index >= 15 is 4.39 Å². The van der Waals surface area contributed by atoms with Gasteiger partial charge in [0, 0.05) is 30.7 Å². The van der Waals surface area contributed by atoms with Gasteiger partial charge in [-0.2, -0.15) is 0 Å². The minimum absolute atomic E-state index is 0.0989. The quantitative estimate of drug-likeness (QED) is 0.654. The largest absolute Gasteiger partial charge is 0.493 e. The van der Waals surface area contributed by atoms with Gasteiger partial charge in [0.05, 0.1) is 25.4 Å². The van der Waals surface area contributed by atoms with E-state index in [9.17, 15) is 14.7 Å². The van der Waals surface area contributed by atoms with Crippen molar-refractivity contribution < 1.29 is 23.8 Å². The first-order valence-electron chi connectivity index (χ1n) is 10.5. The standard InChI is InChI=1S/C24H23FN2O5/c1-31-21-7-13-5-6-26(11-14(13)8-22(21)32-2)20-10-19-16(9-18(20)25)23(28)17(24(29)30)12-27(19)15-3-4-15/h7-10,12,15H,3-6,11H2,1-2H3,(H,29,30). The number of nitrogens with zero attached hydrogens (tertiary/aromatic N) is 2. The SMILES string of the molecule is COc1cc2c(cc1OC)CN(c1cc3c(cc1F)c(=O)c(C(=O)O)cn3C1CC1)CC2. The number of methoxy groups -OCH3 is 2. The Hall–Kier alpha value is -3.55. The molecule has 1 aliphatic carbocycles. The van der Waals surface area contributed by atoms with Crippen LogP contribution in [0.3, 0.4) is 0 Å². The lowest BCUT2D eigenvalue weighted by molar-refractivity contribution is 0.0695. The molecule has 1 aromatic heterocycles. The van der Waals surface area contributed by atoms with Crippen molar-refractivity contribution in [3.63, 3.8) is 0 Å². The van der Waals surface area contributed by atoms with Crippen molar-refractivity contribution in [2.24, 2.45) is 0 Å². The van der Waals surface area contributed by atoms with Gasteiger partial charge in [0.2, 0.25) is 5.43 Å². The maximum atomic E-state index is 15.2. The summed E-state index contributed by atoms with van der Waals surface area (Å²) >= 11 is 0. The number of pyridine rings is 1. The number of hydrogen-bond acceptors (Lipinski definition) is 5. The van der Waals surface area contributed by atoms with Crippen LogP contribution in [-0.4, -0.2) is 36.4 Å². The Balaban J connectivity index is 1.60. The van der Waals surface area contributed by atoms with Gasteiger partial charge in [-0.1, -0.05) is 0 Å². The molecule has 3 aromatic rings. The summed E-state index contributed by atoms with van der Waals surface area (Å²) < 4.78 is 27.8. The van der Waals surface area contributed by atoms with Crippen molar-refractivity contribution >= 4 is 22.6 Å². The van der Waals surface area contributed by atoms with Gasteiger partial charge in [-0.3, -0.25) is 4.79 Å². The van der Waals surface area contributed by atoms with Crippen molar-refractivity contribution in [3.8, 4) is 11.5 Å². The smallest absolute Gasteiger partial charge is 0.341 e. The molecule has 0 saturated heterocycles. The summed E-state index contributed by atoms with van der Waals surface area (Å²) in [4.78, 5) is 26.2. The molecule has 2 aromatic carbocycles. The number of fused-ring (bicyclic) bond motifs is 2. The molecule has 32 heavy (non-hydrogen) atoms. The highest BCUT2D eigenvalue weighted by Crippen LogP contribution is 2.39. The maximum Gasteiger partial charge on any atom is 0.341 e. The fourth-order valence-electron chi connectivity index (χ4n) is 4.50. The zero-order valence-corrected chi connectivity index (χ0v) is 17.9. The number of carbonyl (C=O) groups is 1. The average Bonchev–Trinajstić information content (AvgIpc) is 3.63. The Morgan fingerprint density at radius 3 is 2.41 bits per heavy atom. The van der Waals surface area contributed by atoms with E-state index in [0.717, 1.165) is 24.0 Å². The second-order valence-electron chi connectivity index (χ2n) is 8.28. The number of aromatic nitrogens is 1. The molecule has 0 atom stereocenters. The Bertz CT molecular complexity index is 1310. The Kier molecular flexibility index (Phi) is 4.80. The molecule has 2 aliphatic rings. The maximum absolute atomic E-state index is 15.2. The van der Waals surface area contributed by atoms with Gasteiger partial charge in [0.25, 0.3) is 0 Å². The summed E-state index contributed by atoms with van der Waals surface area (Å²) in [6.45, 7) is 1.09. The van der Waals surface area contributed by atoms with E-state index in [2.05, 4.69) is 0 Å². The molecule has 0 bridgehead atoms. The van der Waals surface area contributed by atoms with Crippen molar-refractivity contribution in [1.82, 2.24) is 4.57 Å². The summed E-state index contributed by atoms with van der Waals surface area (Å²) in [5.74, 6) is -0.550. The minimum Gasteiger partial charge on any atom is -0.493 e. The van der Waals surface area contributed by atoms with Gasteiger partial charge < -0.3 is 24.0 Å². The lowest BCUT2D eigenvalue weighted by Gasteiger charge is -2.32. The predicted molar refractivity (Wildman–Crippen MR) is 118 cm³/mol. The molecule has 166 valence electrons. The molecule has 7 nitrogen and oxygen atoms in total. The van der Waals surface area contributed by atoms with Crippen LogP contribution in [0.25, 0.3) is 10.9 Å². The Morgan fingerprint density at radius 2 is 1.78 bits per heavy atom. The summed E-state index contributed by atoms with van der Waals surface area (Å²) in [6.07, 6.45) is 3.92. The first-order chi connectivity index (χ1) is 15.4. The van der Waals surface area contributed by atoms with Crippen molar-refractivity contribution in [2.75, 3.05) is 25.7 Å².